The second-order valence-corrected chi connectivity index (χ2v) is 4.81. The average molecular weight is 311 g/mol. The molecule has 0 atom stereocenters. The fraction of sp³-hybridized carbons (Fsp3) is 0.125. The van der Waals surface area contributed by atoms with E-state index in [-0.39, 0.29) is 17.9 Å². The molecule has 7 heteroatoms. The van der Waals surface area contributed by atoms with Gasteiger partial charge in [-0.25, -0.2) is 9.48 Å². The van der Waals surface area contributed by atoms with Crippen LogP contribution >= 0.6 is 0 Å². The van der Waals surface area contributed by atoms with Crippen LogP contribution in [0, 0.1) is 0 Å². The van der Waals surface area contributed by atoms with Gasteiger partial charge in [-0.15, -0.1) is 0 Å². The molecule has 2 heterocycles. The maximum absolute atomic E-state index is 11.9. The van der Waals surface area contributed by atoms with Crippen molar-refractivity contribution in [3.05, 3.63) is 70.3 Å². The van der Waals surface area contributed by atoms with Gasteiger partial charge in [0.05, 0.1) is 0 Å². The molecule has 0 saturated carbocycles. The fourth-order valence-electron chi connectivity index (χ4n) is 1.94. The summed E-state index contributed by atoms with van der Waals surface area (Å²) in [6.45, 7) is -0.0420. The second-order valence-electron chi connectivity index (χ2n) is 4.81. The van der Waals surface area contributed by atoms with Crippen molar-refractivity contribution in [2.75, 3.05) is 0 Å². The Hall–Kier alpha value is -3.22. The summed E-state index contributed by atoms with van der Waals surface area (Å²) >= 11 is 0. The molecule has 0 aliphatic rings. The first-order valence-corrected chi connectivity index (χ1v) is 6.86. The predicted molar refractivity (Wildman–Crippen MR) is 80.5 cm³/mol. The van der Waals surface area contributed by atoms with Crippen LogP contribution in [0.15, 0.2) is 57.8 Å². The van der Waals surface area contributed by atoms with Crippen molar-refractivity contribution in [3.8, 4) is 11.3 Å². The van der Waals surface area contributed by atoms with Gasteiger partial charge in [0.15, 0.2) is 11.5 Å². The van der Waals surface area contributed by atoms with E-state index in [1.807, 2.05) is 30.3 Å². The van der Waals surface area contributed by atoms with E-state index in [4.69, 9.17) is 9.26 Å². The molecule has 0 bridgehead atoms. The fourth-order valence-corrected chi connectivity index (χ4v) is 1.94. The van der Waals surface area contributed by atoms with E-state index in [0.717, 1.165) is 10.2 Å². The lowest BCUT2D eigenvalue weighted by Crippen LogP contribution is -2.21. The molecule has 116 valence electrons. The highest BCUT2D eigenvalue weighted by atomic mass is 16.5. The van der Waals surface area contributed by atoms with Gasteiger partial charge in [-0.3, -0.25) is 4.79 Å². The van der Waals surface area contributed by atoms with E-state index >= 15 is 0 Å². The van der Waals surface area contributed by atoms with Gasteiger partial charge >= 0.3 is 5.97 Å². The summed E-state index contributed by atoms with van der Waals surface area (Å²) in [4.78, 5) is 23.1. The normalized spacial score (nSPS) is 10.5. The minimum absolute atomic E-state index is 0.0420. The summed E-state index contributed by atoms with van der Waals surface area (Å²) in [5.41, 5.74) is 1.13. The van der Waals surface area contributed by atoms with Gasteiger partial charge < -0.3 is 9.26 Å². The van der Waals surface area contributed by atoms with Gasteiger partial charge in [0.25, 0.3) is 5.56 Å². The first-order valence-electron chi connectivity index (χ1n) is 6.86. The number of aryl methyl sites for hydroxylation is 1. The molecule has 0 aliphatic heterocycles. The van der Waals surface area contributed by atoms with Gasteiger partial charge in [0.2, 0.25) is 0 Å². The number of esters is 1. The third-order valence-electron chi connectivity index (χ3n) is 3.14. The van der Waals surface area contributed by atoms with Crippen LogP contribution in [0.5, 0.6) is 0 Å². The first kappa shape index (κ1) is 14.7. The van der Waals surface area contributed by atoms with E-state index in [0.29, 0.717) is 11.5 Å². The summed E-state index contributed by atoms with van der Waals surface area (Å²) in [5.74, 6) is -0.0401. The maximum atomic E-state index is 11.9. The van der Waals surface area contributed by atoms with E-state index < -0.39 is 5.97 Å². The molecule has 23 heavy (non-hydrogen) atoms. The van der Waals surface area contributed by atoms with Crippen LogP contribution in [-0.4, -0.2) is 20.9 Å². The van der Waals surface area contributed by atoms with Crippen LogP contribution in [0.25, 0.3) is 11.3 Å². The summed E-state index contributed by atoms with van der Waals surface area (Å²) < 4.78 is 11.4. The lowest BCUT2D eigenvalue weighted by molar-refractivity contribution is 0.0454. The van der Waals surface area contributed by atoms with Gasteiger partial charge in [-0.2, -0.15) is 5.10 Å². The number of aromatic nitrogens is 3. The Labute approximate surface area is 131 Å². The van der Waals surface area contributed by atoms with E-state index in [1.165, 1.54) is 19.2 Å². The Bertz CT molecular complexity index is 884. The number of carbonyl (C=O) groups excluding carboxylic acids is 1. The minimum atomic E-state index is -0.634. The maximum Gasteiger partial charge on any atom is 0.359 e. The zero-order chi connectivity index (χ0) is 16.2. The number of benzene rings is 1. The molecule has 1 aromatic carbocycles. The van der Waals surface area contributed by atoms with Crippen molar-refractivity contribution in [2.24, 2.45) is 7.05 Å². The van der Waals surface area contributed by atoms with Crippen LogP contribution in [-0.2, 0) is 18.4 Å². The molecule has 2 aromatic heterocycles. The highest BCUT2D eigenvalue weighted by Crippen LogP contribution is 2.20. The third kappa shape index (κ3) is 3.34. The van der Waals surface area contributed by atoms with Crippen molar-refractivity contribution in [1.29, 1.82) is 0 Å². The molecule has 0 amide bonds. The summed E-state index contributed by atoms with van der Waals surface area (Å²) in [6, 6.07) is 13.8. The standard InChI is InChI=1S/C16H13N3O4/c1-19-15(20)8-7-13(17-19)16(21)22-10-12-9-14(23-18-12)11-5-3-2-4-6-11/h2-9H,10H2,1H3. The molecule has 0 N–H and O–H groups in total. The predicted octanol–water partition coefficient (Wildman–Crippen LogP) is 1.79. The number of rotatable bonds is 4. The monoisotopic (exact) mass is 311 g/mol. The topological polar surface area (TPSA) is 87.2 Å². The highest BCUT2D eigenvalue weighted by Gasteiger charge is 2.13. The van der Waals surface area contributed by atoms with E-state index in [9.17, 15) is 9.59 Å². The van der Waals surface area contributed by atoms with Crippen molar-refractivity contribution in [3.63, 3.8) is 0 Å². The first-order chi connectivity index (χ1) is 11.1. The summed E-state index contributed by atoms with van der Waals surface area (Å²) in [7, 11) is 1.46. The van der Waals surface area contributed by atoms with Crippen LogP contribution < -0.4 is 5.56 Å². The van der Waals surface area contributed by atoms with Crippen LogP contribution in [0.3, 0.4) is 0 Å². The highest BCUT2D eigenvalue weighted by molar-refractivity contribution is 5.86. The Morgan fingerprint density at radius 1 is 1.22 bits per heavy atom. The number of ether oxygens (including phenoxy) is 1. The van der Waals surface area contributed by atoms with Gasteiger partial charge in [0, 0.05) is 24.7 Å². The minimum Gasteiger partial charge on any atom is -0.454 e. The number of hydrogen-bond donors (Lipinski definition) is 0. The van der Waals surface area contributed by atoms with Crippen molar-refractivity contribution < 1.29 is 14.1 Å². The largest absolute Gasteiger partial charge is 0.454 e. The number of carbonyl (C=O) groups is 1. The van der Waals surface area contributed by atoms with Crippen molar-refractivity contribution >= 4 is 5.97 Å². The Morgan fingerprint density at radius 3 is 2.74 bits per heavy atom. The quantitative estimate of drug-likeness (QED) is 0.683. The molecule has 0 unspecified atom stereocenters. The van der Waals surface area contributed by atoms with Gasteiger partial charge in [0.1, 0.15) is 12.3 Å². The van der Waals surface area contributed by atoms with E-state index in [1.54, 1.807) is 6.07 Å². The average Bonchev–Trinajstić information content (AvgIpc) is 3.05. The number of nitrogens with zero attached hydrogens (tertiary/aromatic N) is 3. The molecule has 0 spiro atoms. The molecule has 0 radical (unpaired) electrons. The lowest BCUT2D eigenvalue weighted by Gasteiger charge is -2.02. The van der Waals surface area contributed by atoms with Crippen LogP contribution in [0.1, 0.15) is 16.2 Å². The number of hydrogen-bond acceptors (Lipinski definition) is 6. The molecule has 7 nitrogen and oxygen atoms in total. The molecular formula is C16H13N3O4. The van der Waals surface area contributed by atoms with Gasteiger partial charge in [-0.1, -0.05) is 35.5 Å². The molecule has 0 fully saturated rings. The molecular weight excluding hydrogens is 298 g/mol. The van der Waals surface area contributed by atoms with Crippen LogP contribution in [0.2, 0.25) is 0 Å². The Balaban J connectivity index is 1.66. The SMILES string of the molecule is Cn1nc(C(=O)OCc2cc(-c3ccccc3)on2)ccc1=O. The molecule has 0 saturated heterocycles. The molecule has 0 aliphatic carbocycles. The van der Waals surface area contributed by atoms with Gasteiger partial charge in [-0.05, 0) is 6.07 Å². The lowest BCUT2D eigenvalue weighted by atomic mass is 10.2. The Morgan fingerprint density at radius 2 is 2.00 bits per heavy atom. The van der Waals surface area contributed by atoms with Crippen molar-refractivity contribution in [1.82, 2.24) is 14.9 Å². The van der Waals surface area contributed by atoms with Crippen molar-refractivity contribution in [2.45, 2.75) is 6.61 Å². The zero-order valence-electron chi connectivity index (χ0n) is 12.3. The summed E-state index contributed by atoms with van der Waals surface area (Å²) in [5, 5.41) is 7.69. The third-order valence-corrected chi connectivity index (χ3v) is 3.14. The smallest absolute Gasteiger partial charge is 0.359 e. The molecule has 3 rings (SSSR count). The molecule has 3 aromatic rings. The zero-order valence-corrected chi connectivity index (χ0v) is 12.3. The Kier molecular flexibility index (Phi) is 4.01. The van der Waals surface area contributed by atoms with Crippen LogP contribution in [0.4, 0.5) is 0 Å². The summed E-state index contributed by atoms with van der Waals surface area (Å²) in [6.07, 6.45) is 0. The van der Waals surface area contributed by atoms with E-state index in [2.05, 4.69) is 10.3 Å². The second kappa shape index (κ2) is 6.27.